The maximum absolute atomic E-state index is 13.1. The summed E-state index contributed by atoms with van der Waals surface area (Å²) in [6.45, 7) is 2.09. The van der Waals surface area contributed by atoms with Gasteiger partial charge in [-0.25, -0.2) is 4.79 Å². The minimum atomic E-state index is -0.562. The maximum atomic E-state index is 13.1. The number of benzene rings is 2. The summed E-state index contributed by atoms with van der Waals surface area (Å²) in [6, 6.07) is 14.5. The monoisotopic (exact) mass is 401 g/mol. The first-order valence-electron chi connectivity index (χ1n) is 8.24. The highest BCUT2D eigenvalue weighted by Gasteiger charge is 2.37. The van der Waals surface area contributed by atoms with Crippen molar-refractivity contribution in [3.63, 3.8) is 0 Å². The van der Waals surface area contributed by atoms with Crippen LogP contribution in [0.1, 0.15) is 18.1 Å². The van der Waals surface area contributed by atoms with Gasteiger partial charge in [-0.3, -0.25) is 4.79 Å². The number of carbonyl (C=O) groups excluding carboxylic acids is 2. The Morgan fingerprint density at radius 1 is 1.15 bits per heavy atom. The second-order valence-corrected chi connectivity index (χ2v) is 6.90. The molecular formula is C21H17Cl2NO3. The number of methoxy groups -OCH3 is 1. The molecule has 2 aromatic rings. The van der Waals surface area contributed by atoms with E-state index in [1.165, 1.54) is 7.11 Å². The van der Waals surface area contributed by atoms with Crippen LogP contribution in [-0.2, 0) is 20.9 Å². The molecule has 1 amide bonds. The lowest BCUT2D eigenvalue weighted by Gasteiger charge is -2.17. The Bertz CT molecular complexity index is 965. The lowest BCUT2D eigenvalue weighted by Crippen LogP contribution is -2.24. The van der Waals surface area contributed by atoms with E-state index >= 15 is 0 Å². The molecule has 0 fully saturated rings. The number of allylic oxidation sites excluding steroid dienone is 1. The van der Waals surface area contributed by atoms with Gasteiger partial charge in [0.15, 0.2) is 0 Å². The molecule has 0 unspecified atom stereocenters. The van der Waals surface area contributed by atoms with E-state index in [0.717, 1.165) is 5.56 Å². The molecule has 6 heteroatoms. The number of rotatable bonds is 4. The minimum Gasteiger partial charge on any atom is -0.465 e. The van der Waals surface area contributed by atoms with Gasteiger partial charge in [0.05, 0.1) is 24.8 Å². The van der Waals surface area contributed by atoms with Gasteiger partial charge in [-0.2, -0.15) is 0 Å². The summed E-state index contributed by atoms with van der Waals surface area (Å²) in [4.78, 5) is 27.0. The summed E-state index contributed by atoms with van der Waals surface area (Å²) >= 11 is 12.2. The maximum Gasteiger partial charge on any atom is 0.340 e. The first kappa shape index (κ1) is 19.2. The van der Waals surface area contributed by atoms with Gasteiger partial charge < -0.3 is 9.64 Å². The average Bonchev–Trinajstić information content (AvgIpc) is 2.88. The highest BCUT2D eigenvalue weighted by molar-refractivity contribution is 6.35. The minimum absolute atomic E-state index is 0.240. The lowest BCUT2D eigenvalue weighted by atomic mass is 10.0. The molecule has 2 aromatic carbocycles. The number of amides is 1. The Balaban J connectivity index is 2.06. The Kier molecular flexibility index (Phi) is 5.68. The number of halogens is 2. The molecule has 0 atom stereocenters. The van der Waals surface area contributed by atoms with Crippen molar-refractivity contribution in [3.8, 4) is 0 Å². The van der Waals surface area contributed by atoms with Crippen LogP contribution in [0.4, 0.5) is 0 Å². The molecule has 1 heterocycles. The van der Waals surface area contributed by atoms with Gasteiger partial charge in [-0.1, -0.05) is 59.6 Å². The normalized spacial score (nSPS) is 15.6. The van der Waals surface area contributed by atoms with Crippen molar-refractivity contribution in [3.05, 3.63) is 86.5 Å². The molecule has 4 nitrogen and oxygen atoms in total. The Labute approximate surface area is 167 Å². The largest absolute Gasteiger partial charge is 0.465 e. The second kappa shape index (κ2) is 7.99. The summed E-state index contributed by atoms with van der Waals surface area (Å²) in [5.74, 6) is -0.837. The number of esters is 1. The van der Waals surface area contributed by atoms with Crippen molar-refractivity contribution in [2.75, 3.05) is 7.11 Å². The fourth-order valence-electron chi connectivity index (χ4n) is 2.96. The van der Waals surface area contributed by atoms with Gasteiger partial charge in [-0.05, 0) is 36.3 Å². The number of hydrogen-bond acceptors (Lipinski definition) is 3. The molecule has 1 aliphatic rings. The summed E-state index contributed by atoms with van der Waals surface area (Å²) < 4.78 is 4.90. The van der Waals surface area contributed by atoms with Crippen molar-refractivity contribution in [2.24, 2.45) is 0 Å². The molecule has 0 radical (unpaired) electrons. The van der Waals surface area contributed by atoms with E-state index in [1.54, 1.807) is 36.1 Å². The standard InChI is InChI=1S/C21H17Cl2NO3/c1-13-19(21(26)27-2)17(10-15-8-9-16(22)11-18(15)23)20(25)24(13)12-14-6-4-3-5-7-14/h3-11H,12H2,1-2H3/b17-10-. The number of nitrogens with zero attached hydrogens (tertiary/aromatic N) is 1. The molecule has 1 aliphatic heterocycles. The predicted molar refractivity (Wildman–Crippen MR) is 106 cm³/mol. The van der Waals surface area contributed by atoms with E-state index in [-0.39, 0.29) is 17.1 Å². The Morgan fingerprint density at radius 2 is 1.85 bits per heavy atom. The van der Waals surface area contributed by atoms with Crippen molar-refractivity contribution in [1.82, 2.24) is 4.90 Å². The number of ether oxygens (including phenoxy) is 1. The van der Waals surface area contributed by atoms with Crippen molar-refractivity contribution in [2.45, 2.75) is 13.5 Å². The van der Waals surface area contributed by atoms with Gasteiger partial charge >= 0.3 is 5.97 Å². The zero-order valence-corrected chi connectivity index (χ0v) is 16.3. The molecule has 27 heavy (non-hydrogen) atoms. The fraction of sp³-hybridized carbons (Fsp3) is 0.143. The van der Waals surface area contributed by atoms with Gasteiger partial charge in [0.2, 0.25) is 0 Å². The molecule has 0 bridgehead atoms. The summed E-state index contributed by atoms with van der Waals surface area (Å²) in [7, 11) is 1.29. The van der Waals surface area contributed by atoms with Crippen LogP contribution in [0.15, 0.2) is 65.4 Å². The third-order valence-corrected chi connectivity index (χ3v) is 4.91. The average molecular weight is 402 g/mol. The van der Waals surface area contributed by atoms with Gasteiger partial charge in [0.1, 0.15) is 0 Å². The zero-order chi connectivity index (χ0) is 19.6. The Hall–Kier alpha value is -2.56. The third kappa shape index (κ3) is 3.92. The van der Waals surface area contributed by atoms with Crippen LogP contribution in [0, 0.1) is 0 Å². The molecule has 0 aliphatic carbocycles. The summed E-state index contributed by atoms with van der Waals surface area (Å²) in [5, 5.41) is 0.886. The van der Waals surface area contributed by atoms with Gasteiger partial charge in [0.25, 0.3) is 5.91 Å². The van der Waals surface area contributed by atoms with E-state index in [4.69, 9.17) is 27.9 Å². The molecule has 3 rings (SSSR count). The highest BCUT2D eigenvalue weighted by atomic mass is 35.5. The number of carbonyl (C=O) groups is 2. The van der Waals surface area contributed by atoms with E-state index in [9.17, 15) is 9.59 Å². The van der Waals surface area contributed by atoms with E-state index in [1.807, 2.05) is 30.3 Å². The first-order valence-corrected chi connectivity index (χ1v) is 9.00. The quantitative estimate of drug-likeness (QED) is 0.542. The van der Waals surface area contributed by atoms with Crippen molar-refractivity contribution in [1.29, 1.82) is 0 Å². The van der Waals surface area contributed by atoms with Gasteiger partial charge in [0, 0.05) is 15.7 Å². The van der Waals surface area contributed by atoms with E-state index in [2.05, 4.69) is 0 Å². The topological polar surface area (TPSA) is 46.6 Å². The summed E-state index contributed by atoms with van der Waals surface area (Å²) in [6.07, 6.45) is 1.60. The van der Waals surface area contributed by atoms with Crippen LogP contribution in [0.3, 0.4) is 0 Å². The fourth-order valence-corrected chi connectivity index (χ4v) is 3.42. The van der Waals surface area contributed by atoms with E-state index < -0.39 is 5.97 Å². The van der Waals surface area contributed by atoms with Crippen LogP contribution in [0.2, 0.25) is 10.0 Å². The van der Waals surface area contributed by atoms with Crippen LogP contribution >= 0.6 is 23.2 Å². The summed E-state index contributed by atoms with van der Waals surface area (Å²) in [5.41, 5.74) is 2.59. The molecule has 0 saturated carbocycles. The smallest absolute Gasteiger partial charge is 0.340 e. The van der Waals surface area contributed by atoms with Crippen molar-refractivity contribution >= 4 is 41.2 Å². The zero-order valence-electron chi connectivity index (χ0n) is 14.8. The van der Waals surface area contributed by atoms with E-state index in [0.29, 0.717) is 27.9 Å². The molecule has 138 valence electrons. The Morgan fingerprint density at radius 3 is 2.48 bits per heavy atom. The molecule has 0 aromatic heterocycles. The molecule has 0 spiro atoms. The SMILES string of the molecule is COC(=O)C1=C(C)N(Cc2ccccc2)C(=O)/C1=C\c1ccc(Cl)cc1Cl. The first-order chi connectivity index (χ1) is 12.9. The van der Waals surface area contributed by atoms with Crippen LogP contribution in [0.5, 0.6) is 0 Å². The highest BCUT2D eigenvalue weighted by Crippen LogP contribution is 2.34. The predicted octanol–water partition coefficient (Wildman–Crippen LogP) is 4.87. The number of hydrogen-bond donors (Lipinski definition) is 0. The lowest BCUT2D eigenvalue weighted by molar-refractivity contribution is -0.136. The van der Waals surface area contributed by atoms with Gasteiger partial charge in [-0.15, -0.1) is 0 Å². The van der Waals surface area contributed by atoms with Crippen LogP contribution in [0.25, 0.3) is 6.08 Å². The van der Waals surface area contributed by atoms with Crippen LogP contribution < -0.4 is 0 Å². The molecule has 0 saturated heterocycles. The van der Waals surface area contributed by atoms with Crippen molar-refractivity contribution < 1.29 is 14.3 Å². The molecule has 0 N–H and O–H groups in total. The van der Waals surface area contributed by atoms with Crippen LogP contribution in [-0.4, -0.2) is 23.9 Å². The second-order valence-electron chi connectivity index (χ2n) is 6.05. The third-order valence-electron chi connectivity index (χ3n) is 4.35. The molecular weight excluding hydrogens is 385 g/mol.